The van der Waals surface area contributed by atoms with Crippen LogP contribution < -0.4 is 0 Å². The Morgan fingerprint density at radius 2 is 2.00 bits per heavy atom. The second-order valence-corrected chi connectivity index (χ2v) is 3.69. The molecule has 0 unspecified atom stereocenters. The fourth-order valence-electron chi connectivity index (χ4n) is 1.18. The van der Waals surface area contributed by atoms with Crippen LogP contribution in [0.5, 0.6) is 0 Å². The highest BCUT2D eigenvalue weighted by Crippen LogP contribution is 2.24. The molecule has 2 rings (SSSR count). The highest BCUT2D eigenvalue weighted by molar-refractivity contribution is 7.98. The molecular weight excluding hydrogens is 180 g/mol. The number of hydrogen-bond donors (Lipinski definition) is 0. The molecule has 0 aromatic heterocycles. The molecule has 0 N–H and O–H groups in total. The van der Waals surface area contributed by atoms with E-state index in [2.05, 4.69) is 30.3 Å². The Balaban J connectivity index is 2.06. The highest BCUT2D eigenvalue weighted by atomic mass is 32.2. The molecule has 0 bridgehead atoms. The number of benzene rings is 1. The summed E-state index contributed by atoms with van der Waals surface area (Å²) in [6.45, 7) is 0. The van der Waals surface area contributed by atoms with Gasteiger partial charge in [0.05, 0.1) is 12.0 Å². The van der Waals surface area contributed by atoms with E-state index in [4.69, 9.17) is 4.18 Å². The van der Waals surface area contributed by atoms with Crippen LogP contribution in [-0.4, -0.2) is 0 Å². The van der Waals surface area contributed by atoms with Crippen molar-refractivity contribution in [2.75, 3.05) is 0 Å². The van der Waals surface area contributed by atoms with Crippen LogP contribution in [0.3, 0.4) is 0 Å². The first-order chi connectivity index (χ1) is 6.45. The third-order valence-electron chi connectivity index (χ3n) is 1.79. The molecule has 0 fully saturated rings. The Kier molecular flexibility index (Phi) is 2.72. The minimum Gasteiger partial charge on any atom is -0.429 e. The standard InChI is InChI=1S/C11H10OS/c1-2-5-10(6-3-1)9-11-7-4-8-12-13-11/h1-8H,9H2. The predicted octanol–water partition coefficient (Wildman–Crippen LogP) is 3.31. The lowest BCUT2D eigenvalue weighted by molar-refractivity contribution is 0.566. The van der Waals surface area contributed by atoms with E-state index in [-0.39, 0.29) is 0 Å². The lowest BCUT2D eigenvalue weighted by atomic mass is 10.1. The van der Waals surface area contributed by atoms with Gasteiger partial charge in [0, 0.05) is 11.3 Å². The summed E-state index contributed by atoms with van der Waals surface area (Å²) in [6, 6.07) is 10.4. The van der Waals surface area contributed by atoms with Crippen LogP contribution in [0.2, 0.25) is 0 Å². The largest absolute Gasteiger partial charge is 0.429 e. The quantitative estimate of drug-likeness (QED) is 0.662. The summed E-state index contributed by atoms with van der Waals surface area (Å²) in [4.78, 5) is 1.24. The van der Waals surface area contributed by atoms with E-state index < -0.39 is 0 Å². The Morgan fingerprint density at radius 1 is 1.15 bits per heavy atom. The van der Waals surface area contributed by atoms with E-state index in [1.165, 1.54) is 22.5 Å². The van der Waals surface area contributed by atoms with E-state index in [1.807, 2.05) is 12.1 Å². The van der Waals surface area contributed by atoms with Crippen molar-refractivity contribution in [1.82, 2.24) is 0 Å². The van der Waals surface area contributed by atoms with Crippen LogP contribution in [0, 0.1) is 0 Å². The number of hydrogen-bond acceptors (Lipinski definition) is 2. The summed E-state index contributed by atoms with van der Waals surface area (Å²) < 4.78 is 5.12. The van der Waals surface area contributed by atoms with Gasteiger partial charge in [-0.2, -0.15) is 0 Å². The van der Waals surface area contributed by atoms with Gasteiger partial charge in [-0.05, 0) is 17.7 Å². The first-order valence-electron chi connectivity index (χ1n) is 4.18. The van der Waals surface area contributed by atoms with Gasteiger partial charge in [-0.3, -0.25) is 0 Å². The van der Waals surface area contributed by atoms with Crippen LogP contribution in [0.15, 0.2) is 53.7 Å². The molecule has 1 aliphatic heterocycles. The summed E-state index contributed by atoms with van der Waals surface area (Å²) in [5, 5.41) is 0. The summed E-state index contributed by atoms with van der Waals surface area (Å²) in [6.07, 6.45) is 6.66. The maximum atomic E-state index is 5.12. The normalized spacial score (nSPS) is 14.9. The second-order valence-electron chi connectivity index (χ2n) is 2.80. The van der Waals surface area contributed by atoms with Crippen LogP contribution in [0.1, 0.15) is 5.56 Å². The maximum Gasteiger partial charge on any atom is 0.102 e. The Labute approximate surface area is 82.3 Å². The molecule has 2 heteroatoms. The second kappa shape index (κ2) is 4.19. The minimum absolute atomic E-state index is 0.954. The Bertz CT molecular complexity index is 327. The SMILES string of the molecule is C1=COSC(Cc2ccccc2)=C1. The monoisotopic (exact) mass is 190 g/mol. The first-order valence-corrected chi connectivity index (χ1v) is 4.92. The molecule has 1 heterocycles. The topological polar surface area (TPSA) is 9.23 Å². The zero-order chi connectivity index (χ0) is 8.93. The molecule has 0 amide bonds. The summed E-state index contributed by atoms with van der Waals surface area (Å²) in [5.74, 6) is 0. The number of rotatable bonds is 2. The zero-order valence-electron chi connectivity index (χ0n) is 7.14. The Hall–Kier alpha value is -1.15. The van der Waals surface area contributed by atoms with Crippen LogP contribution >= 0.6 is 12.0 Å². The van der Waals surface area contributed by atoms with E-state index in [9.17, 15) is 0 Å². The third kappa shape index (κ3) is 2.39. The number of allylic oxidation sites excluding steroid dienone is 3. The van der Waals surface area contributed by atoms with Gasteiger partial charge >= 0.3 is 0 Å². The van der Waals surface area contributed by atoms with Crippen molar-refractivity contribution in [2.45, 2.75) is 6.42 Å². The molecule has 0 atom stereocenters. The lowest BCUT2D eigenvalue weighted by Crippen LogP contribution is -1.88. The molecule has 1 aromatic carbocycles. The van der Waals surface area contributed by atoms with E-state index >= 15 is 0 Å². The molecule has 0 radical (unpaired) electrons. The van der Waals surface area contributed by atoms with Crippen molar-refractivity contribution in [3.05, 3.63) is 59.2 Å². The summed E-state index contributed by atoms with van der Waals surface area (Å²) >= 11 is 1.43. The van der Waals surface area contributed by atoms with E-state index in [1.54, 1.807) is 6.26 Å². The molecule has 0 saturated carbocycles. The molecule has 1 nitrogen and oxygen atoms in total. The molecule has 66 valence electrons. The maximum absolute atomic E-state index is 5.12. The van der Waals surface area contributed by atoms with Gasteiger partial charge in [0.2, 0.25) is 0 Å². The van der Waals surface area contributed by atoms with E-state index in [0.717, 1.165) is 6.42 Å². The van der Waals surface area contributed by atoms with Crippen LogP contribution in [0.25, 0.3) is 0 Å². The minimum atomic E-state index is 0.954. The van der Waals surface area contributed by atoms with Crippen molar-refractivity contribution in [3.63, 3.8) is 0 Å². The lowest BCUT2D eigenvalue weighted by Gasteiger charge is -2.07. The van der Waals surface area contributed by atoms with Crippen molar-refractivity contribution < 1.29 is 4.18 Å². The van der Waals surface area contributed by atoms with Crippen LogP contribution in [-0.2, 0) is 10.6 Å². The molecule has 0 spiro atoms. The van der Waals surface area contributed by atoms with E-state index in [0.29, 0.717) is 0 Å². The van der Waals surface area contributed by atoms with Gasteiger partial charge in [0.15, 0.2) is 0 Å². The average molecular weight is 190 g/mol. The average Bonchev–Trinajstić information content (AvgIpc) is 2.21. The van der Waals surface area contributed by atoms with Crippen molar-refractivity contribution in [3.8, 4) is 0 Å². The fraction of sp³-hybridized carbons (Fsp3) is 0.0909. The smallest absolute Gasteiger partial charge is 0.102 e. The Morgan fingerprint density at radius 3 is 2.69 bits per heavy atom. The first kappa shape index (κ1) is 8.45. The molecule has 0 aliphatic carbocycles. The van der Waals surface area contributed by atoms with Crippen molar-refractivity contribution in [2.24, 2.45) is 0 Å². The van der Waals surface area contributed by atoms with Gasteiger partial charge in [0.25, 0.3) is 0 Å². The van der Waals surface area contributed by atoms with Gasteiger partial charge in [-0.1, -0.05) is 30.3 Å². The van der Waals surface area contributed by atoms with Crippen molar-refractivity contribution in [1.29, 1.82) is 0 Å². The molecule has 13 heavy (non-hydrogen) atoms. The fourth-order valence-corrected chi connectivity index (χ4v) is 1.78. The van der Waals surface area contributed by atoms with Gasteiger partial charge in [0.1, 0.15) is 6.26 Å². The highest BCUT2D eigenvalue weighted by Gasteiger charge is 2.02. The third-order valence-corrected chi connectivity index (χ3v) is 2.49. The van der Waals surface area contributed by atoms with Gasteiger partial charge in [-0.25, -0.2) is 0 Å². The van der Waals surface area contributed by atoms with Crippen LogP contribution in [0.4, 0.5) is 0 Å². The summed E-state index contributed by atoms with van der Waals surface area (Å²) in [7, 11) is 0. The summed E-state index contributed by atoms with van der Waals surface area (Å²) in [5.41, 5.74) is 1.32. The predicted molar refractivity (Wildman–Crippen MR) is 56.0 cm³/mol. The molecule has 1 aliphatic rings. The van der Waals surface area contributed by atoms with Gasteiger partial charge < -0.3 is 4.18 Å². The molecule has 0 saturated heterocycles. The molecule has 1 aromatic rings. The zero-order valence-corrected chi connectivity index (χ0v) is 7.96. The molecular formula is C11H10OS. The van der Waals surface area contributed by atoms with Crippen molar-refractivity contribution >= 4 is 12.0 Å². The van der Waals surface area contributed by atoms with Gasteiger partial charge in [-0.15, -0.1) is 0 Å².